The first-order chi connectivity index (χ1) is 3.84. The zero-order chi connectivity index (χ0) is 5.98. The van der Waals surface area contributed by atoms with Gasteiger partial charge in [-0.15, -0.1) is 0 Å². The zero-order valence-electron chi connectivity index (χ0n) is 4.76. The van der Waals surface area contributed by atoms with E-state index in [0.29, 0.717) is 0 Å². The molecular weight excluding hydrogens is 100 g/mol. The van der Waals surface area contributed by atoms with Crippen molar-refractivity contribution in [3.05, 3.63) is 35.6 Å². The molecule has 8 heavy (non-hydrogen) atoms. The van der Waals surface area contributed by atoms with Crippen molar-refractivity contribution in [2.45, 2.75) is 6.92 Å². The van der Waals surface area contributed by atoms with Crippen LogP contribution in [0.25, 0.3) is 0 Å². The molecule has 1 aliphatic carbocycles. The second kappa shape index (κ2) is 1.86. The van der Waals surface area contributed by atoms with Crippen LogP contribution in [0.3, 0.4) is 0 Å². The molecule has 0 amide bonds. The Kier molecular flexibility index (Phi) is 1.20. The molecule has 0 saturated heterocycles. The number of aliphatic hydroxyl groups excluding tert-OH is 1. The van der Waals surface area contributed by atoms with Gasteiger partial charge in [0.15, 0.2) is 0 Å². The molecule has 42 valence electrons. The van der Waals surface area contributed by atoms with Crippen LogP contribution in [-0.2, 0) is 0 Å². The van der Waals surface area contributed by atoms with E-state index >= 15 is 0 Å². The first-order valence-corrected chi connectivity index (χ1v) is 2.54. The van der Waals surface area contributed by atoms with Crippen LogP contribution in [0.5, 0.6) is 0 Å². The lowest BCUT2D eigenvalue weighted by Crippen LogP contribution is -1.72. The fourth-order valence-corrected chi connectivity index (χ4v) is 0.669. The van der Waals surface area contributed by atoms with E-state index < -0.39 is 0 Å². The van der Waals surface area contributed by atoms with Crippen molar-refractivity contribution in [3.8, 4) is 0 Å². The zero-order valence-corrected chi connectivity index (χ0v) is 4.76. The molecule has 0 bridgehead atoms. The lowest BCUT2D eigenvalue weighted by Gasteiger charge is -1.89. The molecule has 0 unspecified atom stereocenters. The fraction of sp³-hybridized carbons (Fsp3) is 0.143. The van der Waals surface area contributed by atoms with Crippen molar-refractivity contribution in [2.24, 2.45) is 0 Å². The molecular formula is C7H8O. The van der Waals surface area contributed by atoms with Gasteiger partial charge in [-0.3, -0.25) is 0 Å². The van der Waals surface area contributed by atoms with E-state index in [9.17, 15) is 0 Å². The van der Waals surface area contributed by atoms with E-state index in [4.69, 9.17) is 5.11 Å². The molecule has 0 atom stereocenters. The van der Waals surface area contributed by atoms with Crippen LogP contribution >= 0.6 is 0 Å². The minimum atomic E-state index is 0.907. The molecule has 0 aliphatic heterocycles. The van der Waals surface area contributed by atoms with Crippen LogP contribution in [0, 0.1) is 0 Å². The van der Waals surface area contributed by atoms with E-state index in [2.05, 4.69) is 0 Å². The maximum Gasteiger partial charge on any atom is 0.0866 e. The summed E-state index contributed by atoms with van der Waals surface area (Å²) >= 11 is 0. The van der Waals surface area contributed by atoms with Gasteiger partial charge in [0.25, 0.3) is 0 Å². The quantitative estimate of drug-likeness (QED) is 0.470. The van der Waals surface area contributed by atoms with Gasteiger partial charge in [0, 0.05) is 5.57 Å². The topological polar surface area (TPSA) is 20.2 Å². The highest BCUT2D eigenvalue weighted by molar-refractivity contribution is 5.45. The summed E-state index contributed by atoms with van der Waals surface area (Å²) in [6.45, 7) is 1.96. The Morgan fingerprint density at radius 2 is 2.38 bits per heavy atom. The van der Waals surface area contributed by atoms with Crippen LogP contribution in [0.1, 0.15) is 6.92 Å². The molecule has 1 aliphatic rings. The molecule has 0 heterocycles. The predicted molar refractivity (Wildman–Crippen MR) is 33.6 cm³/mol. The van der Waals surface area contributed by atoms with Gasteiger partial charge < -0.3 is 5.11 Å². The van der Waals surface area contributed by atoms with Crippen LogP contribution in [0.4, 0.5) is 0 Å². The molecule has 0 saturated carbocycles. The van der Waals surface area contributed by atoms with Crippen molar-refractivity contribution >= 4 is 0 Å². The third-order valence-electron chi connectivity index (χ3n) is 1.22. The van der Waals surface area contributed by atoms with Gasteiger partial charge in [-0.05, 0) is 12.5 Å². The van der Waals surface area contributed by atoms with E-state index in [-0.39, 0.29) is 0 Å². The fourth-order valence-electron chi connectivity index (χ4n) is 0.669. The second-order valence-electron chi connectivity index (χ2n) is 1.79. The average molecular weight is 108 g/mol. The van der Waals surface area contributed by atoms with Gasteiger partial charge in [0.2, 0.25) is 0 Å². The van der Waals surface area contributed by atoms with Crippen molar-refractivity contribution in [3.63, 3.8) is 0 Å². The second-order valence-corrected chi connectivity index (χ2v) is 1.79. The van der Waals surface area contributed by atoms with E-state index in [1.54, 1.807) is 0 Å². The first-order valence-electron chi connectivity index (χ1n) is 2.54. The summed E-state index contributed by atoms with van der Waals surface area (Å²) in [4.78, 5) is 0. The number of aliphatic hydroxyl groups is 1. The molecule has 0 fully saturated rings. The van der Waals surface area contributed by atoms with Gasteiger partial charge in [-0.2, -0.15) is 0 Å². The minimum Gasteiger partial charge on any atom is -0.515 e. The number of allylic oxidation sites excluding steroid dienone is 5. The standard InChI is InChI=1S/C7H8O/c1-6-3-2-4-7(6)5-8/h2-5,8H,1H3. The van der Waals surface area contributed by atoms with Gasteiger partial charge in [0.1, 0.15) is 0 Å². The van der Waals surface area contributed by atoms with Crippen molar-refractivity contribution < 1.29 is 5.11 Å². The Bertz CT molecular complexity index is 173. The monoisotopic (exact) mass is 108 g/mol. The molecule has 0 aromatic rings. The third-order valence-corrected chi connectivity index (χ3v) is 1.22. The summed E-state index contributed by atoms with van der Waals surface area (Å²) in [5.74, 6) is 0. The average Bonchev–Trinajstić information content (AvgIpc) is 2.14. The summed E-state index contributed by atoms with van der Waals surface area (Å²) in [6.07, 6.45) is 6.87. The Morgan fingerprint density at radius 1 is 1.62 bits per heavy atom. The summed E-state index contributed by atoms with van der Waals surface area (Å²) in [6, 6.07) is 0. The van der Waals surface area contributed by atoms with Crippen LogP contribution in [0.15, 0.2) is 35.6 Å². The normalized spacial score (nSPS) is 22.1. The first kappa shape index (κ1) is 5.16. The van der Waals surface area contributed by atoms with Gasteiger partial charge >= 0.3 is 0 Å². The minimum absolute atomic E-state index is 0.907. The molecule has 0 aromatic carbocycles. The molecule has 0 spiro atoms. The molecule has 1 nitrogen and oxygen atoms in total. The molecule has 1 rings (SSSR count). The highest BCUT2D eigenvalue weighted by Crippen LogP contribution is 2.15. The summed E-state index contributed by atoms with van der Waals surface area (Å²) in [7, 11) is 0. The molecule has 0 aromatic heterocycles. The van der Waals surface area contributed by atoms with Crippen LogP contribution in [-0.4, -0.2) is 5.11 Å². The number of hydrogen-bond donors (Lipinski definition) is 1. The smallest absolute Gasteiger partial charge is 0.0866 e. The Balaban J connectivity index is 2.88. The Hall–Kier alpha value is -0.980. The van der Waals surface area contributed by atoms with E-state index in [0.717, 1.165) is 17.4 Å². The van der Waals surface area contributed by atoms with Crippen molar-refractivity contribution in [1.82, 2.24) is 0 Å². The van der Waals surface area contributed by atoms with Gasteiger partial charge in [0.05, 0.1) is 6.26 Å². The van der Waals surface area contributed by atoms with E-state index in [1.807, 2.05) is 25.2 Å². The maximum atomic E-state index is 8.48. The highest BCUT2D eigenvalue weighted by Gasteiger charge is 1.97. The van der Waals surface area contributed by atoms with Gasteiger partial charge in [-0.1, -0.05) is 18.2 Å². The number of hydrogen-bond acceptors (Lipinski definition) is 1. The molecule has 0 radical (unpaired) electrons. The van der Waals surface area contributed by atoms with Gasteiger partial charge in [-0.25, -0.2) is 0 Å². The summed E-state index contributed by atoms with van der Waals surface area (Å²) in [5, 5.41) is 8.48. The molecule has 1 heteroatoms. The van der Waals surface area contributed by atoms with Crippen molar-refractivity contribution in [2.75, 3.05) is 0 Å². The molecule has 1 N–H and O–H groups in total. The SMILES string of the molecule is CC1=CC=CC1=CO. The van der Waals surface area contributed by atoms with Crippen molar-refractivity contribution in [1.29, 1.82) is 0 Å². The number of rotatable bonds is 0. The predicted octanol–water partition coefficient (Wildman–Crippen LogP) is 1.94. The summed E-state index contributed by atoms with van der Waals surface area (Å²) in [5.41, 5.74) is 2.03. The lowest BCUT2D eigenvalue weighted by atomic mass is 10.2. The summed E-state index contributed by atoms with van der Waals surface area (Å²) < 4.78 is 0. The lowest BCUT2D eigenvalue weighted by molar-refractivity contribution is 0.470. The van der Waals surface area contributed by atoms with E-state index in [1.165, 1.54) is 0 Å². The Morgan fingerprint density at radius 3 is 2.62 bits per heavy atom. The van der Waals surface area contributed by atoms with Crippen LogP contribution in [0.2, 0.25) is 0 Å². The Labute approximate surface area is 48.6 Å². The maximum absolute atomic E-state index is 8.48. The third kappa shape index (κ3) is 0.668. The largest absolute Gasteiger partial charge is 0.515 e. The highest BCUT2D eigenvalue weighted by atomic mass is 16.2. The van der Waals surface area contributed by atoms with Crippen LogP contribution < -0.4 is 0 Å².